The fraction of sp³-hybridized carbons (Fsp3) is 0.481. The van der Waals surface area contributed by atoms with Gasteiger partial charge in [0.15, 0.2) is 0 Å². The van der Waals surface area contributed by atoms with Crippen LogP contribution in [-0.2, 0) is 15.0 Å². The quantitative estimate of drug-likeness (QED) is 0.550. The predicted octanol–water partition coefficient (Wildman–Crippen LogP) is 4.31. The Hall–Kier alpha value is -2.19. The van der Waals surface area contributed by atoms with Crippen LogP contribution >= 0.6 is 23.2 Å². The molecular weight excluding hydrogens is 502 g/mol. The zero-order chi connectivity index (χ0) is 25.8. The van der Waals surface area contributed by atoms with E-state index < -0.39 is 29.2 Å². The second kappa shape index (κ2) is 9.28. The first-order chi connectivity index (χ1) is 17.0. The van der Waals surface area contributed by atoms with Crippen LogP contribution in [0.2, 0.25) is 10.0 Å². The molecular formula is C27H31Cl2FN4O2. The van der Waals surface area contributed by atoms with Gasteiger partial charge in [-0.3, -0.25) is 9.59 Å². The Morgan fingerprint density at radius 1 is 1.17 bits per heavy atom. The second-order valence-corrected chi connectivity index (χ2v) is 12.0. The summed E-state index contributed by atoms with van der Waals surface area (Å²) >= 11 is 12.5. The monoisotopic (exact) mass is 532 g/mol. The number of carbonyl (C=O) groups is 2. The highest BCUT2D eigenvalue weighted by Crippen LogP contribution is 2.57. The maximum Gasteiger partial charge on any atom is 0.240 e. The van der Waals surface area contributed by atoms with E-state index in [0.29, 0.717) is 48.9 Å². The van der Waals surface area contributed by atoms with E-state index in [0.717, 1.165) is 5.56 Å². The van der Waals surface area contributed by atoms with Gasteiger partial charge in [-0.15, -0.1) is 0 Å². The van der Waals surface area contributed by atoms with Crippen LogP contribution in [0.15, 0.2) is 36.4 Å². The molecule has 3 N–H and O–H groups in total. The number of halogens is 3. The molecule has 2 amide bonds. The van der Waals surface area contributed by atoms with Crippen molar-refractivity contribution in [2.24, 2.45) is 5.41 Å². The number of rotatable bonds is 3. The fourth-order valence-corrected chi connectivity index (χ4v) is 6.57. The summed E-state index contributed by atoms with van der Waals surface area (Å²) in [7, 11) is 0. The number of fused-ring (bicyclic) bond motifs is 2. The van der Waals surface area contributed by atoms with Crippen LogP contribution < -0.4 is 16.0 Å². The molecule has 2 saturated heterocycles. The van der Waals surface area contributed by atoms with E-state index in [2.05, 4.69) is 36.7 Å². The molecule has 36 heavy (non-hydrogen) atoms. The lowest BCUT2D eigenvalue weighted by Gasteiger charge is -2.38. The van der Waals surface area contributed by atoms with Crippen molar-refractivity contribution in [2.75, 3.05) is 31.5 Å². The molecule has 2 fully saturated rings. The van der Waals surface area contributed by atoms with E-state index in [-0.39, 0.29) is 22.3 Å². The van der Waals surface area contributed by atoms with E-state index in [4.69, 9.17) is 23.2 Å². The molecule has 0 aliphatic carbocycles. The Morgan fingerprint density at radius 2 is 1.89 bits per heavy atom. The van der Waals surface area contributed by atoms with Crippen LogP contribution in [-0.4, -0.2) is 55.0 Å². The number of hydrogen-bond acceptors (Lipinski definition) is 4. The van der Waals surface area contributed by atoms with E-state index >= 15 is 0 Å². The molecule has 9 heteroatoms. The van der Waals surface area contributed by atoms with E-state index in [9.17, 15) is 14.0 Å². The third kappa shape index (κ3) is 4.20. The largest absolute Gasteiger partial charge is 0.339 e. The lowest BCUT2D eigenvalue weighted by Crippen LogP contribution is -2.53. The summed E-state index contributed by atoms with van der Waals surface area (Å²) in [5.74, 6) is -1.52. The highest BCUT2D eigenvalue weighted by atomic mass is 35.5. The molecule has 192 valence electrons. The number of benzene rings is 2. The van der Waals surface area contributed by atoms with E-state index in [1.807, 2.05) is 23.1 Å². The van der Waals surface area contributed by atoms with Gasteiger partial charge in [0.25, 0.3) is 0 Å². The van der Waals surface area contributed by atoms with Crippen molar-refractivity contribution in [1.29, 1.82) is 0 Å². The van der Waals surface area contributed by atoms with E-state index in [1.165, 1.54) is 12.1 Å². The molecule has 2 aromatic rings. The summed E-state index contributed by atoms with van der Waals surface area (Å²) in [5.41, 5.74) is 0.363. The van der Waals surface area contributed by atoms with Gasteiger partial charge in [0, 0.05) is 48.8 Å². The van der Waals surface area contributed by atoms with Gasteiger partial charge >= 0.3 is 0 Å². The van der Waals surface area contributed by atoms with Crippen LogP contribution in [0.25, 0.3) is 0 Å². The van der Waals surface area contributed by atoms with Crippen LogP contribution in [0, 0.1) is 11.2 Å². The Bertz CT molecular complexity index is 1210. The van der Waals surface area contributed by atoms with Crippen molar-refractivity contribution < 1.29 is 14.0 Å². The number of nitrogens with one attached hydrogen (secondary N) is 3. The summed E-state index contributed by atoms with van der Waals surface area (Å²) in [6.07, 6.45) is 0.590. The maximum atomic E-state index is 14.9. The summed E-state index contributed by atoms with van der Waals surface area (Å²) in [6, 6.07) is 9.01. The third-order valence-electron chi connectivity index (χ3n) is 7.60. The molecule has 6 nitrogen and oxygen atoms in total. The molecule has 2 aromatic carbocycles. The van der Waals surface area contributed by atoms with Crippen molar-refractivity contribution >= 4 is 40.7 Å². The lowest BCUT2D eigenvalue weighted by molar-refractivity contribution is -0.134. The molecule has 5 rings (SSSR count). The molecule has 0 bridgehead atoms. The van der Waals surface area contributed by atoms with Crippen LogP contribution in [0.5, 0.6) is 0 Å². The maximum absolute atomic E-state index is 14.9. The minimum Gasteiger partial charge on any atom is -0.339 e. The minimum absolute atomic E-state index is 0.0582. The molecule has 0 saturated carbocycles. The summed E-state index contributed by atoms with van der Waals surface area (Å²) in [6.45, 7) is 8.88. The Kier molecular flexibility index (Phi) is 6.56. The smallest absolute Gasteiger partial charge is 0.240 e. The summed E-state index contributed by atoms with van der Waals surface area (Å²) in [5, 5.41) is 10.3. The van der Waals surface area contributed by atoms with Crippen molar-refractivity contribution in [1.82, 2.24) is 15.5 Å². The number of anilines is 1. The van der Waals surface area contributed by atoms with Crippen molar-refractivity contribution in [3.05, 3.63) is 63.4 Å². The normalized spacial score (nSPS) is 27.9. The fourth-order valence-electron chi connectivity index (χ4n) is 6.20. The van der Waals surface area contributed by atoms with Gasteiger partial charge in [-0.05, 0) is 47.2 Å². The zero-order valence-corrected chi connectivity index (χ0v) is 22.1. The Balaban J connectivity index is 1.74. The molecule has 3 aliphatic rings. The molecule has 1 spiro atoms. The van der Waals surface area contributed by atoms with Crippen LogP contribution in [0.4, 0.5) is 10.1 Å². The standard InChI is InChI=1S/C27H31Cl2FN4O2/c1-26(2,3)14-21-27(17-12-19(30)18(29)13-20(17)32-25(27)36)22(15-5-4-6-16(28)11-15)23(33-21)24(35)34-9-7-31-8-10-34/h4-6,11-13,21-23,31,33H,7-10,14H2,1-3H3,(H,32,36). The second-order valence-electron chi connectivity index (χ2n) is 11.2. The van der Waals surface area contributed by atoms with Gasteiger partial charge in [-0.2, -0.15) is 0 Å². The van der Waals surface area contributed by atoms with Crippen LogP contribution in [0.3, 0.4) is 0 Å². The van der Waals surface area contributed by atoms with Gasteiger partial charge in [0.1, 0.15) is 11.2 Å². The summed E-state index contributed by atoms with van der Waals surface area (Å²) < 4.78 is 14.9. The number of amides is 2. The highest BCUT2D eigenvalue weighted by molar-refractivity contribution is 6.31. The van der Waals surface area contributed by atoms with E-state index in [1.54, 1.807) is 6.07 Å². The van der Waals surface area contributed by atoms with Gasteiger partial charge in [-0.25, -0.2) is 4.39 Å². The average Bonchev–Trinajstić information content (AvgIpc) is 3.29. The molecule has 3 aliphatic heterocycles. The number of hydrogen-bond donors (Lipinski definition) is 3. The minimum atomic E-state index is -1.23. The number of piperazine rings is 1. The van der Waals surface area contributed by atoms with Gasteiger partial charge in [-0.1, -0.05) is 56.1 Å². The van der Waals surface area contributed by atoms with Crippen LogP contribution in [0.1, 0.15) is 44.2 Å². The number of nitrogens with zero attached hydrogens (tertiary/aromatic N) is 1. The first-order valence-corrected chi connectivity index (χ1v) is 13.1. The molecule has 4 atom stereocenters. The molecule has 0 aromatic heterocycles. The average molecular weight is 533 g/mol. The molecule has 4 unspecified atom stereocenters. The Morgan fingerprint density at radius 3 is 2.56 bits per heavy atom. The van der Waals surface area contributed by atoms with Crippen molar-refractivity contribution in [3.8, 4) is 0 Å². The first kappa shape index (κ1) is 25.5. The topological polar surface area (TPSA) is 73.5 Å². The molecule has 3 heterocycles. The van der Waals surface area contributed by atoms with Gasteiger partial charge in [0.2, 0.25) is 11.8 Å². The lowest BCUT2D eigenvalue weighted by atomic mass is 9.62. The molecule has 0 radical (unpaired) electrons. The third-order valence-corrected chi connectivity index (χ3v) is 8.13. The Labute approximate surface area is 220 Å². The number of carbonyl (C=O) groups excluding carboxylic acids is 2. The van der Waals surface area contributed by atoms with Gasteiger partial charge < -0.3 is 20.9 Å². The first-order valence-electron chi connectivity index (χ1n) is 12.3. The highest BCUT2D eigenvalue weighted by Gasteiger charge is 2.66. The van der Waals surface area contributed by atoms with Crippen molar-refractivity contribution in [2.45, 2.75) is 50.6 Å². The predicted molar refractivity (Wildman–Crippen MR) is 140 cm³/mol. The SMILES string of the molecule is CC(C)(C)CC1NC(C(=O)N2CCNCC2)C(c2cccc(Cl)c2)C12C(=O)Nc1cc(Cl)c(F)cc12. The summed E-state index contributed by atoms with van der Waals surface area (Å²) in [4.78, 5) is 30.0. The zero-order valence-electron chi connectivity index (χ0n) is 20.6. The van der Waals surface area contributed by atoms with Crippen molar-refractivity contribution in [3.63, 3.8) is 0 Å². The van der Waals surface area contributed by atoms with Gasteiger partial charge in [0.05, 0.1) is 11.1 Å².